The van der Waals surface area contributed by atoms with Crippen LogP contribution in [0.4, 0.5) is 0 Å². The Morgan fingerprint density at radius 3 is 2.53 bits per heavy atom. The van der Waals surface area contributed by atoms with Gasteiger partial charge >= 0.3 is 0 Å². The molecule has 2 aromatic rings. The second kappa shape index (κ2) is 5.95. The minimum Gasteiger partial charge on any atom is -0.382 e. The second-order valence-electron chi connectivity index (χ2n) is 4.52. The van der Waals surface area contributed by atoms with Gasteiger partial charge in [-0.2, -0.15) is 5.10 Å². The standard InChI is InChI=1S/C13H13Br2ClN2O/c1-7(2)18-12(11(15)6-17-18)13(19)8-3-9(14)5-10(16)4-8/h3-7,13,19H,1-2H3. The normalized spacial score (nSPS) is 13.0. The summed E-state index contributed by atoms with van der Waals surface area (Å²) < 4.78 is 3.41. The summed E-state index contributed by atoms with van der Waals surface area (Å²) in [4.78, 5) is 0. The van der Waals surface area contributed by atoms with E-state index in [0.717, 1.165) is 20.2 Å². The summed E-state index contributed by atoms with van der Waals surface area (Å²) in [5.74, 6) is 0. The zero-order valence-electron chi connectivity index (χ0n) is 10.4. The molecule has 102 valence electrons. The molecule has 6 heteroatoms. The van der Waals surface area contributed by atoms with Crippen LogP contribution in [0.5, 0.6) is 0 Å². The highest BCUT2D eigenvalue weighted by Gasteiger charge is 2.21. The number of hydrogen-bond acceptors (Lipinski definition) is 2. The third-order valence-corrected chi connectivity index (χ3v) is 4.02. The van der Waals surface area contributed by atoms with Gasteiger partial charge in [-0.3, -0.25) is 4.68 Å². The molecule has 0 saturated carbocycles. The second-order valence-corrected chi connectivity index (χ2v) is 6.73. The van der Waals surface area contributed by atoms with E-state index in [1.807, 2.05) is 19.9 Å². The van der Waals surface area contributed by atoms with Gasteiger partial charge in [0.2, 0.25) is 0 Å². The molecule has 1 heterocycles. The van der Waals surface area contributed by atoms with Gasteiger partial charge in [-0.15, -0.1) is 0 Å². The molecule has 2 rings (SSSR count). The van der Waals surface area contributed by atoms with Crippen LogP contribution in [0.2, 0.25) is 5.02 Å². The van der Waals surface area contributed by atoms with E-state index >= 15 is 0 Å². The van der Waals surface area contributed by atoms with Gasteiger partial charge in [0.25, 0.3) is 0 Å². The van der Waals surface area contributed by atoms with Crippen molar-refractivity contribution >= 4 is 43.5 Å². The fourth-order valence-corrected chi connectivity index (χ4v) is 3.29. The minimum atomic E-state index is -0.783. The predicted octanol–water partition coefficient (Wildman–Crippen LogP) is 4.72. The van der Waals surface area contributed by atoms with Gasteiger partial charge in [-0.25, -0.2) is 0 Å². The van der Waals surface area contributed by atoms with Crippen LogP contribution in [0, 0.1) is 0 Å². The van der Waals surface area contributed by atoms with E-state index in [9.17, 15) is 5.11 Å². The first-order chi connectivity index (χ1) is 8.90. The number of aliphatic hydroxyl groups excluding tert-OH is 1. The van der Waals surface area contributed by atoms with Crippen LogP contribution >= 0.6 is 43.5 Å². The van der Waals surface area contributed by atoms with Gasteiger partial charge in [0.05, 0.1) is 16.4 Å². The molecule has 19 heavy (non-hydrogen) atoms. The molecular formula is C13H13Br2ClN2O. The van der Waals surface area contributed by atoms with Crippen molar-refractivity contribution in [1.29, 1.82) is 0 Å². The Hall–Kier alpha value is -0.360. The molecule has 0 spiro atoms. The zero-order valence-corrected chi connectivity index (χ0v) is 14.4. The van der Waals surface area contributed by atoms with Gasteiger partial charge in [0.15, 0.2) is 0 Å². The van der Waals surface area contributed by atoms with Crippen LogP contribution in [0.15, 0.2) is 33.3 Å². The largest absolute Gasteiger partial charge is 0.382 e. The van der Waals surface area contributed by atoms with Gasteiger partial charge in [-0.05, 0) is 53.5 Å². The van der Waals surface area contributed by atoms with Crippen molar-refractivity contribution in [3.05, 3.63) is 49.6 Å². The Kier molecular flexibility index (Phi) is 4.71. The van der Waals surface area contributed by atoms with Crippen LogP contribution in [0.25, 0.3) is 0 Å². The maximum absolute atomic E-state index is 10.6. The molecule has 0 amide bonds. The fraction of sp³-hybridized carbons (Fsp3) is 0.308. The Morgan fingerprint density at radius 1 is 1.26 bits per heavy atom. The monoisotopic (exact) mass is 406 g/mol. The first-order valence-electron chi connectivity index (χ1n) is 5.77. The molecule has 1 N–H and O–H groups in total. The molecule has 1 aromatic carbocycles. The van der Waals surface area contributed by atoms with Crippen molar-refractivity contribution in [3.63, 3.8) is 0 Å². The lowest BCUT2D eigenvalue weighted by atomic mass is 10.1. The van der Waals surface area contributed by atoms with E-state index in [1.165, 1.54) is 0 Å². The van der Waals surface area contributed by atoms with E-state index in [2.05, 4.69) is 37.0 Å². The van der Waals surface area contributed by atoms with Crippen LogP contribution < -0.4 is 0 Å². The molecule has 0 saturated heterocycles. The summed E-state index contributed by atoms with van der Waals surface area (Å²) in [7, 11) is 0. The molecular weight excluding hydrogens is 395 g/mol. The number of aliphatic hydroxyl groups is 1. The molecule has 3 nitrogen and oxygen atoms in total. The van der Waals surface area contributed by atoms with Crippen LogP contribution in [-0.4, -0.2) is 14.9 Å². The lowest BCUT2D eigenvalue weighted by molar-refractivity contribution is 0.204. The van der Waals surface area contributed by atoms with E-state index < -0.39 is 6.10 Å². The highest BCUT2D eigenvalue weighted by atomic mass is 79.9. The number of benzene rings is 1. The third-order valence-electron chi connectivity index (χ3n) is 2.74. The van der Waals surface area contributed by atoms with Crippen molar-refractivity contribution < 1.29 is 5.11 Å². The first kappa shape index (κ1) is 15.0. The Labute approximate surface area is 133 Å². The van der Waals surface area contributed by atoms with Crippen molar-refractivity contribution in [2.75, 3.05) is 0 Å². The van der Waals surface area contributed by atoms with Crippen molar-refractivity contribution in [1.82, 2.24) is 9.78 Å². The van der Waals surface area contributed by atoms with Crippen molar-refractivity contribution in [3.8, 4) is 0 Å². The summed E-state index contributed by atoms with van der Waals surface area (Å²) in [6, 6.07) is 5.55. The van der Waals surface area contributed by atoms with E-state index in [0.29, 0.717) is 5.02 Å². The minimum absolute atomic E-state index is 0.165. The summed E-state index contributed by atoms with van der Waals surface area (Å²) >= 11 is 12.8. The van der Waals surface area contributed by atoms with E-state index in [-0.39, 0.29) is 6.04 Å². The van der Waals surface area contributed by atoms with Gasteiger partial charge < -0.3 is 5.11 Å². The number of nitrogens with zero attached hydrogens (tertiary/aromatic N) is 2. The number of aromatic nitrogens is 2. The lowest BCUT2D eigenvalue weighted by Gasteiger charge is -2.17. The molecule has 0 aliphatic heterocycles. The molecule has 0 bridgehead atoms. The van der Waals surface area contributed by atoms with Crippen LogP contribution in [0.3, 0.4) is 0 Å². The van der Waals surface area contributed by atoms with Crippen molar-refractivity contribution in [2.45, 2.75) is 26.0 Å². The number of halogens is 3. The third kappa shape index (κ3) is 3.21. The molecule has 1 atom stereocenters. The highest BCUT2D eigenvalue weighted by Crippen LogP contribution is 2.32. The maximum Gasteiger partial charge on any atom is 0.122 e. The fourth-order valence-electron chi connectivity index (χ4n) is 1.91. The van der Waals surface area contributed by atoms with Crippen LogP contribution in [0.1, 0.15) is 37.3 Å². The number of hydrogen-bond donors (Lipinski definition) is 1. The Bertz CT molecular complexity index is 578. The molecule has 0 aliphatic rings. The molecule has 1 aromatic heterocycles. The highest BCUT2D eigenvalue weighted by molar-refractivity contribution is 9.10. The first-order valence-corrected chi connectivity index (χ1v) is 7.73. The molecule has 1 unspecified atom stereocenters. The summed E-state index contributed by atoms with van der Waals surface area (Å²) in [6.07, 6.45) is 0.910. The lowest BCUT2D eigenvalue weighted by Crippen LogP contribution is -2.12. The average Bonchev–Trinajstić information content (AvgIpc) is 2.69. The predicted molar refractivity (Wildman–Crippen MR) is 83.5 cm³/mol. The van der Waals surface area contributed by atoms with Gasteiger partial charge in [0, 0.05) is 15.5 Å². The summed E-state index contributed by atoms with van der Waals surface area (Å²) in [5, 5.41) is 15.4. The molecule has 0 fully saturated rings. The Balaban J connectivity index is 2.49. The van der Waals surface area contributed by atoms with E-state index in [4.69, 9.17) is 11.6 Å². The quantitative estimate of drug-likeness (QED) is 0.798. The summed E-state index contributed by atoms with van der Waals surface area (Å²) in [6.45, 7) is 4.03. The Morgan fingerprint density at radius 2 is 1.95 bits per heavy atom. The van der Waals surface area contributed by atoms with Crippen LogP contribution in [-0.2, 0) is 0 Å². The van der Waals surface area contributed by atoms with E-state index in [1.54, 1.807) is 23.0 Å². The van der Waals surface area contributed by atoms with Gasteiger partial charge in [-0.1, -0.05) is 27.5 Å². The zero-order chi connectivity index (χ0) is 14.2. The molecule has 0 aliphatic carbocycles. The average molecular weight is 409 g/mol. The SMILES string of the molecule is CC(C)n1ncc(Br)c1C(O)c1cc(Cl)cc(Br)c1. The molecule has 0 radical (unpaired) electrons. The van der Waals surface area contributed by atoms with Crippen molar-refractivity contribution in [2.24, 2.45) is 0 Å². The number of rotatable bonds is 3. The smallest absolute Gasteiger partial charge is 0.122 e. The summed E-state index contributed by atoms with van der Waals surface area (Å²) in [5.41, 5.74) is 1.45. The topological polar surface area (TPSA) is 38.0 Å². The van der Waals surface area contributed by atoms with Gasteiger partial charge in [0.1, 0.15) is 6.10 Å². The maximum atomic E-state index is 10.6.